The van der Waals surface area contributed by atoms with E-state index in [4.69, 9.17) is 0 Å². The molecular formula is C18H19N5O3. The molecule has 1 aromatic heterocycles. The van der Waals surface area contributed by atoms with E-state index in [0.717, 1.165) is 11.5 Å². The average Bonchev–Trinajstić information content (AvgIpc) is 3.53. The molecule has 0 radical (unpaired) electrons. The van der Waals surface area contributed by atoms with Gasteiger partial charge in [0.1, 0.15) is 0 Å². The molecule has 0 unspecified atom stereocenters. The number of non-ortho nitro benzene ring substituents is 1. The van der Waals surface area contributed by atoms with E-state index < -0.39 is 4.92 Å². The summed E-state index contributed by atoms with van der Waals surface area (Å²) in [5, 5.41) is 19.3. The van der Waals surface area contributed by atoms with Crippen molar-refractivity contribution in [2.45, 2.75) is 18.8 Å². The molecule has 8 nitrogen and oxygen atoms in total. The van der Waals surface area contributed by atoms with Crippen LogP contribution in [0.3, 0.4) is 0 Å². The molecule has 1 aliphatic heterocycles. The zero-order chi connectivity index (χ0) is 18.1. The van der Waals surface area contributed by atoms with Crippen LogP contribution < -0.4 is 4.90 Å². The molecule has 1 saturated heterocycles. The predicted octanol–water partition coefficient (Wildman–Crippen LogP) is 2.22. The molecule has 2 aromatic rings. The molecule has 4 rings (SSSR count). The Morgan fingerprint density at radius 1 is 1.00 bits per heavy atom. The lowest BCUT2D eigenvalue weighted by atomic mass is 10.1. The first-order valence-corrected chi connectivity index (χ1v) is 8.74. The van der Waals surface area contributed by atoms with Gasteiger partial charge in [0.2, 0.25) is 0 Å². The standard InChI is InChI=1S/C18H19N5O3/c24-18(14-3-5-15(6-4-14)23(25)26)22-11-9-21(10-12-22)17-8-7-16(19-20-17)13-1-2-13/h3-8,13H,1-2,9-12H2. The Kier molecular flexibility index (Phi) is 4.24. The van der Waals surface area contributed by atoms with Gasteiger partial charge in [-0.3, -0.25) is 14.9 Å². The smallest absolute Gasteiger partial charge is 0.269 e. The van der Waals surface area contributed by atoms with Crippen molar-refractivity contribution >= 4 is 17.4 Å². The third-order valence-corrected chi connectivity index (χ3v) is 4.88. The molecule has 2 fully saturated rings. The van der Waals surface area contributed by atoms with E-state index in [2.05, 4.69) is 21.2 Å². The van der Waals surface area contributed by atoms with Crippen molar-refractivity contribution in [3.05, 3.63) is 57.8 Å². The number of nitro groups is 1. The number of aromatic nitrogens is 2. The Bertz CT molecular complexity index is 810. The van der Waals surface area contributed by atoms with E-state index in [1.165, 1.54) is 37.1 Å². The van der Waals surface area contributed by atoms with Crippen LogP contribution >= 0.6 is 0 Å². The quantitative estimate of drug-likeness (QED) is 0.618. The lowest BCUT2D eigenvalue weighted by Crippen LogP contribution is -2.49. The van der Waals surface area contributed by atoms with Crippen LogP contribution in [-0.2, 0) is 0 Å². The number of piperazine rings is 1. The first-order chi connectivity index (χ1) is 12.6. The van der Waals surface area contributed by atoms with Crippen molar-refractivity contribution < 1.29 is 9.72 Å². The topological polar surface area (TPSA) is 92.5 Å². The highest BCUT2D eigenvalue weighted by Crippen LogP contribution is 2.38. The van der Waals surface area contributed by atoms with Crippen LogP contribution in [0, 0.1) is 10.1 Å². The summed E-state index contributed by atoms with van der Waals surface area (Å²) in [4.78, 5) is 26.7. The lowest BCUT2D eigenvalue weighted by Gasteiger charge is -2.35. The van der Waals surface area contributed by atoms with Crippen molar-refractivity contribution in [2.75, 3.05) is 31.1 Å². The zero-order valence-electron chi connectivity index (χ0n) is 14.2. The van der Waals surface area contributed by atoms with Crippen LogP contribution in [0.1, 0.15) is 34.8 Å². The molecule has 2 heterocycles. The number of nitro benzene ring substituents is 1. The highest BCUT2D eigenvalue weighted by molar-refractivity contribution is 5.94. The van der Waals surface area contributed by atoms with Gasteiger partial charge in [-0.05, 0) is 37.1 Å². The number of amides is 1. The van der Waals surface area contributed by atoms with E-state index in [-0.39, 0.29) is 11.6 Å². The maximum absolute atomic E-state index is 12.6. The second kappa shape index (κ2) is 6.70. The summed E-state index contributed by atoms with van der Waals surface area (Å²) in [6.07, 6.45) is 2.41. The maximum atomic E-state index is 12.6. The number of carbonyl (C=O) groups excluding carboxylic acids is 1. The van der Waals surface area contributed by atoms with Crippen molar-refractivity contribution in [3.8, 4) is 0 Å². The van der Waals surface area contributed by atoms with Gasteiger partial charge in [-0.2, -0.15) is 5.10 Å². The summed E-state index contributed by atoms with van der Waals surface area (Å²) >= 11 is 0. The summed E-state index contributed by atoms with van der Waals surface area (Å²) in [5.41, 5.74) is 1.53. The maximum Gasteiger partial charge on any atom is 0.269 e. The molecule has 0 N–H and O–H groups in total. The van der Waals surface area contributed by atoms with Gasteiger partial charge in [-0.1, -0.05) is 0 Å². The minimum Gasteiger partial charge on any atom is -0.352 e. The molecule has 8 heteroatoms. The van der Waals surface area contributed by atoms with Crippen molar-refractivity contribution in [3.63, 3.8) is 0 Å². The Morgan fingerprint density at radius 3 is 2.23 bits per heavy atom. The van der Waals surface area contributed by atoms with E-state index in [1.54, 1.807) is 4.90 Å². The first-order valence-electron chi connectivity index (χ1n) is 8.74. The van der Waals surface area contributed by atoms with Crippen molar-refractivity contribution in [1.82, 2.24) is 15.1 Å². The summed E-state index contributed by atoms with van der Waals surface area (Å²) in [5.74, 6) is 1.33. The molecule has 0 bridgehead atoms. The molecule has 0 atom stereocenters. The number of hydrogen-bond acceptors (Lipinski definition) is 6. The largest absolute Gasteiger partial charge is 0.352 e. The fourth-order valence-electron chi connectivity index (χ4n) is 3.15. The molecule has 1 aromatic carbocycles. The predicted molar refractivity (Wildman–Crippen MR) is 95.2 cm³/mol. The van der Waals surface area contributed by atoms with Crippen LogP contribution in [0.4, 0.5) is 11.5 Å². The number of anilines is 1. The lowest BCUT2D eigenvalue weighted by molar-refractivity contribution is -0.384. The van der Waals surface area contributed by atoms with Gasteiger partial charge in [-0.25, -0.2) is 0 Å². The van der Waals surface area contributed by atoms with Crippen LogP contribution in [0.25, 0.3) is 0 Å². The minimum atomic E-state index is -0.470. The molecular weight excluding hydrogens is 334 g/mol. The van der Waals surface area contributed by atoms with Crippen LogP contribution in [0.15, 0.2) is 36.4 Å². The van der Waals surface area contributed by atoms with Crippen LogP contribution in [-0.4, -0.2) is 52.1 Å². The van der Waals surface area contributed by atoms with E-state index in [0.29, 0.717) is 37.7 Å². The second-order valence-corrected chi connectivity index (χ2v) is 6.67. The van der Waals surface area contributed by atoms with Gasteiger partial charge < -0.3 is 9.80 Å². The number of carbonyl (C=O) groups is 1. The third-order valence-electron chi connectivity index (χ3n) is 4.88. The van der Waals surface area contributed by atoms with Crippen molar-refractivity contribution in [1.29, 1.82) is 0 Å². The van der Waals surface area contributed by atoms with E-state index >= 15 is 0 Å². The Morgan fingerprint density at radius 2 is 1.69 bits per heavy atom. The van der Waals surface area contributed by atoms with Gasteiger partial charge in [0.05, 0.1) is 10.6 Å². The Hall–Kier alpha value is -3.03. The average molecular weight is 353 g/mol. The third kappa shape index (κ3) is 3.35. The van der Waals surface area contributed by atoms with E-state index in [9.17, 15) is 14.9 Å². The Balaban J connectivity index is 1.36. The van der Waals surface area contributed by atoms with Crippen molar-refractivity contribution in [2.24, 2.45) is 0 Å². The SMILES string of the molecule is O=C(c1ccc([N+](=O)[O-])cc1)N1CCN(c2ccc(C3CC3)nn2)CC1. The number of nitrogens with zero attached hydrogens (tertiary/aromatic N) is 5. The van der Waals surface area contributed by atoms with E-state index in [1.807, 2.05) is 6.07 Å². The molecule has 134 valence electrons. The summed E-state index contributed by atoms with van der Waals surface area (Å²) in [6, 6.07) is 9.80. The molecule has 26 heavy (non-hydrogen) atoms. The fraction of sp³-hybridized carbons (Fsp3) is 0.389. The number of rotatable bonds is 4. The summed E-state index contributed by atoms with van der Waals surface area (Å²) < 4.78 is 0. The molecule has 1 aliphatic carbocycles. The normalized spacial score (nSPS) is 17.2. The first kappa shape index (κ1) is 16.4. The zero-order valence-corrected chi connectivity index (χ0v) is 14.2. The second-order valence-electron chi connectivity index (χ2n) is 6.67. The van der Waals surface area contributed by atoms with Gasteiger partial charge in [0, 0.05) is 49.8 Å². The molecule has 0 spiro atoms. The van der Waals surface area contributed by atoms with Crippen LogP contribution in [0.2, 0.25) is 0 Å². The molecule has 1 amide bonds. The Labute approximate surface area is 150 Å². The van der Waals surface area contributed by atoms with Gasteiger partial charge in [0.25, 0.3) is 11.6 Å². The molecule has 2 aliphatic rings. The highest BCUT2D eigenvalue weighted by atomic mass is 16.6. The van der Waals surface area contributed by atoms with Gasteiger partial charge in [0.15, 0.2) is 5.82 Å². The van der Waals surface area contributed by atoms with Crippen LogP contribution in [0.5, 0.6) is 0 Å². The summed E-state index contributed by atoms with van der Waals surface area (Å²) in [6.45, 7) is 2.55. The number of benzene rings is 1. The van der Waals surface area contributed by atoms with Gasteiger partial charge >= 0.3 is 0 Å². The minimum absolute atomic E-state index is 0.0143. The fourth-order valence-corrected chi connectivity index (χ4v) is 3.15. The van der Waals surface area contributed by atoms with Gasteiger partial charge in [-0.15, -0.1) is 5.10 Å². The highest BCUT2D eigenvalue weighted by Gasteiger charge is 2.26. The summed E-state index contributed by atoms with van der Waals surface area (Å²) in [7, 11) is 0. The molecule has 1 saturated carbocycles. The number of hydrogen-bond donors (Lipinski definition) is 0. The monoisotopic (exact) mass is 353 g/mol.